The molecule has 1 heterocycles. The lowest BCUT2D eigenvalue weighted by Gasteiger charge is -2.28. The van der Waals surface area contributed by atoms with Gasteiger partial charge in [0.05, 0.1) is 11.6 Å². The summed E-state index contributed by atoms with van der Waals surface area (Å²) in [7, 11) is 0. The number of hydrogen-bond donors (Lipinski definition) is 1. The summed E-state index contributed by atoms with van der Waals surface area (Å²) in [5.41, 5.74) is 3.39. The average Bonchev–Trinajstić information content (AvgIpc) is 3.30. The summed E-state index contributed by atoms with van der Waals surface area (Å²) in [5, 5.41) is 11.6. The quantitative estimate of drug-likeness (QED) is 0.107. The fraction of sp³-hybridized carbons (Fsp3) is 0.243. The standard InChI is InChI=1S/C37H38N2O5/c1-4-38(5-2)22-23-39-34(28-14-11-17-32(24-28)44-31-15-7-6-8-16-31)33(36(41)37(39)42)35(40)27-18-20-30(21-19-27)43-25-29-13-10-9-12-26(29)3/h6-21,24,34,40H,4-5,22-23,25H2,1-3H3. The molecule has 1 aliphatic heterocycles. The number of hydrogen-bond acceptors (Lipinski definition) is 6. The number of rotatable bonds is 12. The molecule has 0 bridgehead atoms. The highest BCUT2D eigenvalue weighted by atomic mass is 16.5. The van der Waals surface area contributed by atoms with E-state index in [-0.39, 0.29) is 11.3 Å². The number of Topliss-reactive ketones (excluding diaryl/α,β-unsaturated/α-hetero) is 1. The molecule has 0 aromatic heterocycles. The van der Waals surface area contributed by atoms with Gasteiger partial charge >= 0.3 is 0 Å². The normalized spacial score (nSPS) is 16.0. The molecule has 5 rings (SSSR count). The first-order chi connectivity index (χ1) is 21.4. The summed E-state index contributed by atoms with van der Waals surface area (Å²) in [6.07, 6.45) is 0. The highest BCUT2D eigenvalue weighted by Gasteiger charge is 2.46. The number of aliphatic hydroxyl groups is 1. The fourth-order valence-electron chi connectivity index (χ4n) is 5.42. The maximum absolute atomic E-state index is 13.6. The van der Waals surface area contributed by atoms with Crippen LogP contribution in [0.5, 0.6) is 17.2 Å². The van der Waals surface area contributed by atoms with Gasteiger partial charge in [-0.05, 0) is 85.2 Å². The number of ketones is 1. The van der Waals surface area contributed by atoms with Crippen LogP contribution in [-0.2, 0) is 16.2 Å². The monoisotopic (exact) mass is 590 g/mol. The third-order valence-corrected chi connectivity index (χ3v) is 8.03. The van der Waals surface area contributed by atoms with E-state index < -0.39 is 17.7 Å². The van der Waals surface area contributed by atoms with Crippen LogP contribution >= 0.6 is 0 Å². The van der Waals surface area contributed by atoms with Gasteiger partial charge in [0.15, 0.2) is 0 Å². The summed E-state index contributed by atoms with van der Waals surface area (Å²) in [6, 6.07) is 30.9. The first-order valence-electron chi connectivity index (χ1n) is 15.0. The van der Waals surface area contributed by atoms with Crippen molar-refractivity contribution in [3.8, 4) is 17.2 Å². The molecule has 1 N–H and O–H groups in total. The average molecular weight is 591 g/mol. The van der Waals surface area contributed by atoms with Crippen LogP contribution in [0.15, 0.2) is 109 Å². The number of para-hydroxylation sites is 1. The molecular weight excluding hydrogens is 552 g/mol. The largest absolute Gasteiger partial charge is 0.507 e. The van der Waals surface area contributed by atoms with Crippen molar-refractivity contribution < 1.29 is 24.2 Å². The Labute approximate surface area is 259 Å². The number of likely N-dealkylation sites (tertiary alicyclic amines) is 1. The molecule has 226 valence electrons. The summed E-state index contributed by atoms with van der Waals surface area (Å²) in [6.45, 7) is 9.16. The lowest BCUT2D eigenvalue weighted by molar-refractivity contribution is -0.140. The van der Waals surface area contributed by atoms with Crippen molar-refractivity contribution in [2.45, 2.75) is 33.4 Å². The third-order valence-electron chi connectivity index (χ3n) is 8.03. The zero-order valence-electron chi connectivity index (χ0n) is 25.4. The molecule has 1 fully saturated rings. The van der Waals surface area contributed by atoms with Gasteiger partial charge in [-0.3, -0.25) is 9.59 Å². The Morgan fingerprint density at radius 1 is 0.818 bits per heavy atom. The Bertz CT molecular complexity index is 1630. The highest BCUT2D eigenvalue weighted by molar-refractivity contribution is 6.46. The molecule has 4 aromatic carbocycles. The minimum atomic E-state index is -0.776. The number of nitrogens with zero attached hydrogens (tertiary/aromatic N) is 2. The van der Waals surface area contributed by atoms with Gasteiger partial charge in [0, 0.05) is 18.7 Å². The SMILES string of the molecule is CCN(CC)CCN1C(=O)C(=O)C(=C(O)c2ccc(OCc3ccccc3C)cc2)C1c1cccc(Oc2ccccc2)c1. The first kappa shape index (κ1) is 30.6. The van der Waals surface area contributed by atoms with Gasteiger partial charge in [-0.25, -0.2) is 0 Å². The van der Waals surface area contributed by atoms with E-state index >= 15 is 0 Å². The maximum atomic E-state index is 13.6. The summed E-state index contributed by atoms with van der Waals surface area (Å²) in [5.74, 6) is 0.311. The molecule has 1 amide bonds. The lowest BCUT2D eigenvalue weighted by atomic mass is 9.95. The Morgan fingerprint density at radius 3 is 2.20 bits per heavy atom. The molecule has 1 unspecified atom stereocenters. The maximum Gasteiger partial charge on any atom is 0.295 e. The number of carbonyl (C=O) groups is 2. The minimum absolute atomic E-state index is 0.0555. The van der Waals surface area contributed by atoms with Crippen LogP contribution in [-0.4, -0.2) is 52.8 Å². The predicted octanol–water partition coefficient (Wildman–Crippen LogP) is 7.13. The van der Waals surface area contributed by atoms with Gasteiger partial charge in [0.2, 0.25) is 0 Å². The van der Waals surface area contributed by atoms with Crippen molar-refractivity contribution in [1.82, 2.24) is 9.80 Å². The van der Waals surface area contributed by atoms with Gasteiger partial charge in [0.1, 0.15) is 29.6 Å². The van der Waals surface area contributed by atoms with Crippen LogP contribution in [0.1, 0.15) is 42.1 Å². The second kappa shape index (κ2) is 14.1. The molecule has 4 aromatic rings. The molecular formula is C37H38N2O5. The van der Waals surface area contributed by atoms with Crippen molar-refractivity contribution in [3.63, 3.8) is 0 Å². The van der Waals surface area contributed by atoms with E-state index in [1.165, 1.54) is 0 Å². The second-order valence-electron chi connectivity index (χ2n) is 10.7. The van der Waals surface area contributed by atoms with Crippen LogP contribution in [0.2, 0.25) is 0 Å². The molecule has 0 aliphatic carbocycles. The van der Waals surface area contributed by atoms with E-state index in [1.807, 2.05) is 85.8 Å². The van der Waals surface area contributed by atoms with Crippen LogP contribution in [0, 0.1) is 6.92 Å². The Kier molecular flexibility index (Phi) is 9.77. The van der Waals surface area contributed by atoms with Gasteiger partial charge in [0.25, 0.3) is 11.7 Å². The van der Waals surface area contributed by atoms with E-state index in [2.05, 4.69) is 18.7 Å². The van der Waals surface area contributed by atoms with E-state index in [0.717, 1.165) is 24.2 Å². The topological polar surface area (TPSA) is 79.3 Å². The summed E-state index contributed by atoms with van der Waals surface area (Å²) >= 11 is 0. The molecule has 0 radical (unpaired) electrons. The van der Waals surface area contributed by atoms with Crippen LogP contribution in [0.4, 0.5) is 0 Å². The van der Waals surface area contributed by atoms with Crippen LogP contribution < -0.4 is 9.47 Å². The van der Waals surface area contributed by atoms with E-state index in [0.29, 0.717) is 48.1 Å². The number of benzene rings is 4. The number of carbonyl (C=O) groups excluding carboxylic acids is 2. The zero-order valence-corrected chi connectivity index (χ0v) is 25.4. The number of ether oxygens (including phenoxy) is 2. The number of likely N-dealkylation sites (N-methyl/N-ethyl adjacent to an activating group) is 1. The van der Waals surface area contributed by atoms with Crippen molar-refractivity contribution in [2.75, 3.05) is 26.2 Å². The van der Waals surface area contributed by atoms with Crippen LogP contribution in [0.25, 0.3) is 5.76 Å². The van der Waals surface area contributed by atoms with Gasteiger partial charge in [-0.2, -0.15) is 0 Å². The fourth-order valence-corrected chi connectivity index (χ4v) is 5.42. The van der Waals surface area contributed by atoms with E-state index in [4.69, 9.17) is 9.47 Å². The molecule has 0 saturated carbocycles. The lowest BCUT2D eigenvalue weighted by Crippen LogP contribution is -2.38. The molecule has 7 nitrogen and oxygen atoms in total. The highest BCUT2D eigenvalue weighted by Crippen LogP contribution is 2.40. The van der Waals surface area contributed by atoms with Gasteiger partial charge in [-0.15, -0.1) is 0 Å². The van der Waals surface area contributed by atoms with Crippen molar-refractivity contribution >= 4 is 17.4 Å². The zero-order chi connectivity index (χ0) is 31.1. The van der Waals surface area contributed by atoms with E-state index in [9.17, 15) is 14.7 Å². The van der Waals surface area contributed by atoms with Crippen molar-refractivity contribution in [2.24, 2.45) is 0 Å². The molecule has 1 saturated heterocycles. The van der Waals surface area contributed by atoms with Gasteiger partial charge in [-0.1, -0.05) is 68.4 Å². The number of aliphatic hydroxyl groups excluding tert-OH is 1. The number of amides is 1. The smallest absolute Gasteiger partial charge is 0.295 e. The van der Waals surface area contributed by atoms with Crippen LogP contribution in [0.3, 0.4) is 0 Å². The first-order valence-corrected chi connectivity index (χ1v) is 15.0. The van der Waals surface area contributed by atoms with Crippen molar-refractivity contribution in [1.29, 1.82) is 0 Å². The second-order valence-corrected chi connectivity index (χ2v) is 10.7. The Hall–Kier alpha value is -4.88. The summed E-state index contributed by atoms with van der Waals surface area (Å²) < 4.78 is 12.0. The molecule has 7 heteroatoms. The third kappa shape index (κ3) is 6.84. The van der Waals surface area contributed by atoms with Gasteiger partial charge < -0.3 is 24.4 Å². The summed E-state index contributed by atoms with van der Waals surface area (Å²) in [4.78, 5) is 30.8. The molecule has 1 aliphatic rings. The Balaban J connectivity index is 1.47. The number of aryl methyl sites for hydroxylation is 1. The predicted molar refractivity (Wildman–Crippen MR) is 172 cm³/mol. The molecule has 0 spiro atoms. The minimum Gasteiger partial charge on any atom is -0.507 e. The van der Waals surface area contributed by atoms with E-state index in [1.54, 1.807) is 29.2 Å². The Morgan fingerprint density at radius 2 is 1.50 bits per heavy atom. The molecule has 1 atom stereocenters. The van der Waals surface area contributed by atoms with Crippen molar-refractivity contribution in [3.05, 3.63) is 131 Å². The molecule has 44 heavy (non-hydrogen) atoms.